The van der Waals surface area contributed by atoms with E-state index in [1.165, 1.54) is 23.5 Å². The third kappa shape index (κ3) is 3.02. The Bertz CT molecular complexity index is 1000. The van der Waals surface area contributed by atoms with Crippen molar-refractivity contribution in [2.24, 2.45) is 11.4 Å². The van der Waals surface area contributed by atoms with Crippen LogP contribution >= 0.6 is 11.3 Å². The van der Waals surface area contributed by atoms with Gasteiger partial charge in [-0.2, -0.15) is 8.42 Å². The fourth-order valence-electron chi connectivity index (χ4n) is 2.28. The normalized spacial score (nSPS) is 12.7. The molecule has 0 saturated heterocycles. The van der Waals surface area contributed by atoms with Crippen molar-refractivity contribution >= 4 is 31.6 Å². The lowest BCUT2D eigenvalue weighted by Gasteiger charge is -2.05. The minimum atomic E-state index is -3.73. The van der Waals surface area contributed by atoms with Crippen molar-refractivity contribution < 1.29 is 13.2 Å². The van der Waals surface area contributed by atoms with Crippen LogP contribution in [0.5, 0.6) is 5.75 Å². The van der Waals surface area contributed by atoms with Crippen molar-refractivity contribution in [3.8, 4) is 5.75 Å². The van der Waals surface area contributed by atoms with E-state index >= 15 is 0 Å². The molecule has 0 amide bonds. The molecule has 0 spiro atoms. The topological polar surface area (TPSA) is 60.7 Å². The van der Waals surface area contributed by atoms with E-state index in [0.29, 0.717) is 11.4 Å². The van der Waals surface area contributed by atoms with Crippen LogP contribution in [0.3, 0.4) is 0 Å². The van der Waals surface area contributed by atoms with Gasteiger partial charge in [-0.1, -0.05) is 35.6 Å². The van der Waals surface area contributed by atoms with Crippen LogP contribution in [0.1, 0.15) is 6.92 Å². The average molecular weight is 348 g/mol. The molecule has 3 rings (SSSR count). The zero-order valence-electron chi connectivity index (χ0n) is 12.8. The summed E-state index contributed by atoms with van der Waals surface area (Å²) in [6, 6.07) is 13.9. The van der Waals surface area contributed by atoms with Crippen molar-refractivity contribution in [2.75, 3.05) is 6.61 Å². The van der Waals surface area contributed by atoms with Gasteiger partial charge < -0.3 is 9.30 Å². The van der Waals surface area contributed by atoms with Crippen molar-refractivity contribution in [3.05, 3.63) is 53.3 Å². The highest BCUT2D eigenvalue weighted by atomic mass is 32.2. The number of nitrogens with zero attached hydrogens (tertiary/aromatic N) is 2. The largest absolute Gasteiger partial charge is 0.492 e. The molecular formula is C16H16N2O3S2. The molecule has 0 unspecified atom stereocenters. The molecule has 0 bridgehead atoms. The maximum atomic E-state index is 12.4. The van der Waals surface area contributed by atoms with Crippen LogP contribution in [0.4, 0.5) is 0 Å². The van der Waals surface area contributed by atoms with Gasteiger partial charge in [0, 0.05) is 7.05 Å². The summed E-state index contributed by atoms with van der Waals surface area (Å²) in [6.45, 7) is 2.46. The zero-order valence-corrected chi connectivity index (χ0v) is 14.4. The molecule has 0 saturated carbocycles. The van der Waals surface area contributed by atoms with E-state index in [4.69, 9.17) is 4.74 Å². The summed E-state index contributed by atoms with van der Waals surface area (Å²) >= 11 is 1.32. The summed E-state index contributed by atoms with van der Waals surface area (Å²) < 4.78 is 37.2. The summed E-state index contributed by atoms with van der Waals surface area (Å²) in [5.74, 6) is 0.724. The second-order valence-corrected chi connectivity index (χ2v) is 7.47. The number of para-hydroxylation sites is 1. The molecule has 5 nitrogen and oxygen atoms in total. The monoisotopic (exact) mass is 348 g/mol. The van der Waals surface area contributed by atoms with Gasteiger partial charge in [0.25, 0.3) is 10.0 Å². The van der Waals surface area contributed by atoms with Crippen LogP contribution < -0.4 is 9.54 Å². The van der Waals surface area contributed by atoms with E-state index in [-0.39, 0.29) is 4.90 Å². The number of thiazole rings is 1. The summed E-state index contributed by atoms with van der Waals surface area (Å²) in [5, 5.41) is 0. The number of fused-ring (bicyclic) bond motifs is 1. The Hall–Kier alpha value is -2.12. The number of benzene rings is 2. The average Bonchev–Trinajstić information content (AvgIpc) is 2.85. The SMILES string of the molecule is CCOc1cccc2sc(=NS(=O)(=O)c3ccccc3)n(C)c12. The van der Waals surface area contributed by atoms with E-state index in [2.05, 4.69) is 4.40 Å². The second-order valence-electron chi connectivity index (χ2n) is 4.86. The van der Waals surface area contributed by atoms with Crippen LogP contribution in [0, 0.1) is 0 Å². The minimum Gasteiger partial charge on any atom is -0.492 e. The molecule has 0 radical (unpaired) electrons. The van der Waals surface area contributed by atoms with Crippen LogP contribution in [-0.2, 0) is 17.1 Å². The molecule has 3 aromatic rings. The van der Waals surface area contributed by atoms with Crippen LogP contribution in [0.15, 0.2) is 57.8 Å². The van der Waals surface area contributed by atoms with Crippen molar-refractivity contribution in [1.29, 1.82) is 0 Å². The third-order valence-electron chi connectivity index (χ3n) is 3.32. The van der Waals surface area contributed by atoms with Crippen LogP contribution in [0.25, 0.3) is 10.2 Å². The number of aromatic nitrogens is 1. The Balaban J connectivity index is 2.21. The van der Waals surface area contributed by atoms with Gasteiger partial charge >= 0.3 is 0 Å². The molecule has 1 heterocycles. The smallest absolute Gasteiger partial charge is 0.285 e. The quantitative estimate of drug-likeness (QED) is 0.728. The Morgan fingerprint density at radius 2 is 1.87 bits per heavy atom. The first-order valence-electron chi connectivity index (χ1n) is 7.10. The molecule has 23 heavy (non-hydrogen) atoms. The van der Waals surface area contributed by atoms with Crippen molar-refractivity contribution in [1.82, 2.24) is 4.57 Å². The Morgan fingerprint density at radius 3 is 2.57 bits per heavy atom. The standard InChI is InChI=1S/C16H16N2O3S2/c1-3-21-13-10-7-11-14-15(13)18(2)16(22-14)17-23(19,20)12-8-5-4-6-9-12/h4-11H,3H2,1-2H3. The lowest BCUT2D eigenvalue weighted by atomic mass is 10.3. The zero-order chi connectivity index (χ0) is 16.4. The summed E-state index contributed by atoms with van der Waals surface area (Å²) in [5.41, 5.74) is 0.848. The number of sulfonamides is 1. The molecule has 0 atom stereocenters. The number of rotatable bonds is 4. The molecular weight excluding hydrogens is 332 g/mol. The van der Waals surface area contributed by atoms with E-state index in [0.717, 1.165) is 16.0 Å². The summed E-state index contributed by atoms with van der Waals surface area (Å²) in [6.07, 6.45) is 0. The van der Waals surface area contributed by atoms with Gasteiger partial charge in [-0.3, -0.25) is 0 Å². The maximum Gasteiger partial charge on any atom is 0.285 e. The summed E-state index contributed by atoms with van der Waals surface area (Å²) in [4.78, 5) is 0.596. The van der Waals surface area contributed by atoms with E-state index in [1.807, 2.05) is 25.1 Å². The molecule has 1 aromatic heterocycles. The highest BCUT2D eigenvalue weighted by Gasteiger charge is 2.14. The summed E-state index contributed by atoms with van der Waals surface area (Å²) in [7, 11) is -1.94. The third-order valence-corrected chi connectivity index (χ3v) is 5.82. The van der Waals surface area contributed by atoms with Crippen molar-refractivity contribution in [3.63, 3.8) is 0 Å². The van der Waals surface area contributed by atoms with E-state index in [9.17, 15) is 8.42 Å². The van der Waals surface area contributed by atoms with Gasteiger partial charge in [0.1, 0.15) is 11.3 Å². The van der Waals surface area contributed by atoms with Gasteiger partial charge in [0.2, 0.25) is 4.80 Å². The fraction of sp³-hybridized carbons (Fsp3) is 0.188. The first-order chi connectivity index (χ1) is 11.0. The first kappa shape index (κ1) is 15.8. The fourth-order valence-corrected chi connectivity index (χ4v) is 4.56. The van der Waals surface area contributed by atoms with Crippen molar-refractivity contribution in [2.45, 2.75) is 11.8 Å². The van der Waals surface area contributed by atoms with E-state index in [1.54, 1.807) is 29.8 Å². The number of aryl methyl sites for hydroxylation is 1. The Morgan fingerprint density at radius 1 is 1.13 bits per heavy atom. The number of hydrogen-bond donors (Lipinski definition) is 0. The van der Waals surface area contributed by atoms with Crippen LogP contribution in [-0.4, -0.2) is 19.6 Å². The van der Waals surface area contributed by atoms with Gasteiger partial charge in [0.15, 0.2) is 0 Å². The first-order valence-corrected chi connectivity index (χ1v) is 9.36. The van der Waals surface area contributed by atoms with Crippen LogP contribution in [0.2, 0.25) is 0 Å². The number of hydrogen-bond acceptors (Lipinski definition) is 4. The van der Waals surface area contributed by atoms with Gasteiger partial charge in [-0.25, -0.2) is 0 Å². The molecule has 0 aliphatic carbocycles. The highest BCUT2D eigenvalue weighted by Crippen LogP contribution is 2.27. The molecule has 0 N–H and O–H groups in total. The molecule has 120 valence electrons. The molecule has 0 fully saturated rings. The van der Waals surface area contributed by atoms with E-state index < -0.39 is 10.0 Å². The molecule has 0 aliphatic heterocycles. The predicted molar refractivity (Wildman–Crippen MR) is 91.2 cm³/mol. The maximum absolute atomic E-state index is 12.4. The Labute approximate surface area is 138 Å². The minimum absolute atomic E-state index is 0.183. The highest BCUT2D eigenvalue weighted by molar-refractivity contribution is 7.90. The lowest BCUT2D eigenvalue weighted by molar-refractivity contribution is 0.343. The second kappa shape index (κ2) is 6.17. The predicted octanol–water partition coefficient (Wildman–Crippen LogP) is 2.93. The Kier molecular flexibility index (Phi) is 4.23. The van der Waals surface area contributed by atoms with Gasteiger partial charge in [0.05, 0.1) is 16.2 Å². The molecule has 7 heteroatoms. The molecule has 0 aliphatic rings. The van der Waals surface area contributed by atoms with Gasteiger partial charge in [-0.05, 0) is 31.2 Å². The van der Waals surface area contributed by atoms with Gasteiger partial charge in [-0.15, -0.1) is 4.40 Å². The number of ether oxygens (including phenoxy) is 1. The lowest BCUT2D eigenvalue weighted by Crippen LogP contribution is -2.14. The molecule has 2 aromatic carbocycles.